The van der Waals surface area contributed by atoms with Crippen molar-refractivity contribution in [3.63, 3.8) is 0 Å². The van der Waals surface area contributed by atoms with Gasteiger partial charge >= 0.3 is 0 Å². The highest BCUT2D eigenvalue weighted by molar-refractivity contribution is 7.16. The van der Waals surface area contributed by atoms with Crippen molar-refractivity contribution in [1.29, 1.82) is 0 Å². The Morgan fingerprint density at radius 1 is 0.759 bits per heavy atom. The number of rotatable bonds is 5. The second-order valence-electron chi connectivity index (χ2n) is 6.52. The number of aryl methyl sites for hydroxylation is 1. The van der Waals surface area contributed by atoms with Crippen molar-refractivity contribution in [2.45, 2.75) is 6.92 Å². The molecular weight excluding hydrogens is 380 g/mol. The number of hydrogen-bond donors (Lipinski definition) is 1. The fourth-order valence-electron chi connectivity index (χ4n) is 3.01. The number of nitrogens with one attached hydrogen (secondary N) is 1. The van der Waals surface area contributed by atoms with Gasteiger partial charge in [-0.1, -0.05) is 72.8 Å². The van der Waals surface area contributed by atoms with Crippen molar-refractivity contribution in [3.8, 4) is 11.3 Å². The summed E-state index contributed by atoms with van der Waals surface area (Å²) >= 11 is 1.44. The standard InChI is InChI=1S/C24H18N2O2S/c1-16-21(17-8-4-2-5-9-17)25-24(29-16)26-23(28)20-14-12-19(13-15-20)22(27)18-10-6-3-7-11-18/h2-15H,1H3,(H,25,26,28). The lowest BCUT2D eigenvalue weighted by atomic mass is 10.0. The molecule has 1 N–H and O–H groups in total. The molecular formula is C24H18N2O2S. The second kappa shape index (κ2) is 8.20. The van der Waals surface area contributed by atoms with E-state index in [4.69, 9.17) is 0 Å². The van der Waals surface area contributed by atoms with Crippen LogP contribution in [0, 0.1) is 6.92 Å². The van der Waals surface area contributed by atoms with Gasteiger partial charge < -0.3 is 0 Å². The average molecular weight is 398 g/mol. The SMILES string of the molecule is Cc1sc(NC(=O)c2ccc(C(=O)c3ccccc3)cc2)nc1-c1ccccc1. The summed E-state index contributed by atoms with van der Waals surface area (Å²) in [5, 5.41) is 3.40. The van der Waals surface area contributed by atoms with Gasteiger partial charge in [-0.15, -0.1) is 11.3 Å². The lowest BCUT2D eigenvalue weighted by Crippen LogP contribution is -2.12. The molecule has 29 heavy (non-hydrogen) atoms. The van der Waals surface area contributed by atoms with Gasteiger partial charge in [0.1, 0.15) is 0 Å². The van der Waals surface area contributed by atoms with Gasteiger partial charge in [-0.3, -0.25) is 14.9 Å². The molecule has 142 valence electrons. The van der Waals surface area contributed by atoms with Crippen molar-refractivity contribution in [3.05, 3.63) is 106 Å². The maximum absolute atomic E-state index is 12.6. The van der Waals surface area contributed by atoms with Gasteiger partial charge in [0.15, 0.2) is 10.9 Å². The van der Waals surface area contributed by atoms with E-state index in [2.05, 4.69) is 10.3 Å². The van der Waals surface area contributed by atoms with Crippen molar-refractivity contribution in [2.24, 2.45) is 0 Å². The van der Waals surface area contributed by atoms with Gasteiger partial charge in [-0.05, 0) is 19.1 Å². The van der Waals surface area contributed by atoms with Crippen LogP contribution in [-0.4, -0.2) is 16.7 Å². The summed E-state index contributed by atoms with van der Waals surface area (Å²) in [6.07, 6.45) is 0. The zero-order valence-corrected chi connectivity index (χ0v) is 16.6. The summed E-state index contributed by atoms with van der Waals surface area (Å²) in [4.78, 5) is 30.7. The smallest absolute Gasteiger partial charge is 0.257 e. The number of nitrogens with zero attached hydrogens (tertiary/aromatic N) is 1. The minimum absolute atomic E-state index is 0.0689. The van der Waals surface area contributed by atoms with E-state index in [0.717, 1.165) is 16.1 Å². The molecule has 4 nitrogen and oxygen atoms in total. The summed E-state index contributed by atoms with van der Waals surface area (Å²) in [5.74, 6) is -0.322. The van der Waals surface area contributed by atoms with Crippen LogP contribution in [0.25, 0.3) is 11.3 Å². The Kier molecular flexibility index (Phi) is 5.31. The first kappa shape index (κ1) is 18.8. The molecule has 0 saturated carbocycles. The Balaban J connectivity index is 1.49. The number of hydrogen-bond acceptors (Lipinski definition) is 4. The van der Waals surface area contributed by atoms with Crippen molar-refractivity contribution in [1.82, 2.24) is 4.98 Å². The van der Waals surface area contributed by atoms with Gasteiger partial charge in [-0.2, -0.15) is 0 Å². The number of thiazole rings is 1. The minimum Gasteiger partial charge on any atom is -0.298 e. The Labute approximate surface area is 172 Å². The Hall–Kier alpha value is -3.57. The zero-order chi connectivity index (χ0) is 20.2. The first-order valence-electron chi connectivity index (χ1n) is 9.16. The first-order chi connectivity index (χ1) is 14.1. The van der Waals surface area contributed by atoms with Crippen molar-refractivity contribution in [2.75, 3.05) is 5.32 Å². The van der Waals surface area contributed by atoms with Gasteiger partial charge in [-0.25, -0.2) is 4.98 Å². The number of aromatic nitrogens is 1. The van der Waals surface area contributed by atoms with Crippen LogP contribution in [0.5, 0.6) is 0 Å². The fraction of sp³-hybridized carbons (Fsp3) is 0.0417. The third kappa shape index (κ3) is 4.15. The predicted molar refractivity (Wildman–Crippen MR) is 117 cm³/mol. The number of ketones is 1. The first-order valence-corrected chi connectivity index (χ1v) is 9.97. The number of anilines is 1. The number of carbonyl (C=O) groups excluding carboxylic acids is 2. The summed E-state index contributed by atoms with van der Waals surface area (Å²) in [6.45, 7) is 1.99. The molecule has 0 aliphatic heterocycles. The Morgan fingerprint density at radius 2 is 1.31 bits per heavy atom. The van der Waals surface area contributed by atoms with E-state index in [1.165, 1.54) is 11.3 Å². The van der Waals surface area contributed by atoms with Gasteiger partial charge in [0, 0.05) is 27.1 Å². The zero-order valence-electron chi connectivity index (χ0n) is 15.8. The average Bonchev–Trinajstić information content (AvgIpc) is 3.14. The van der Waals surface area contributed by atoms with Crippen molar-refractivity contribution >= 4 is 28.2 Å². The largest absolute Gasteiger partial charge is 0.298 e. The maximum atomic E-state index is 12.6. The molecule has 3 aromatic carbocycles. The monoisotopic (exact) mass is 398 g/mol. The van der Waals surface area contributed by atoms with E-state index >= 15 is 0 Å². The van der Waals surface area contributed by atoms with E-state index in [9.17, 15) is 9.59 Å². The molecule has 1 amide bonds. The normalized spacial score (nSPS) is 10.5. The second-order valence-corrected chi connectivity index (χ2v) is 7.72. The van der Waals surface area contributed by atoms with Crippen molar-refractivity contribution < 1.29 is 9.59 Å². The quantitative estimate of drug-likeness (QED) is 0.445. The topological polar surface area (TPSA) is 59.1 Å². The van der Waals surface area contributed by atoms with Crippen LogP contribution >= 0.6 is 11.3 Å². The highest BCUT2D eigenvalue weighted by Crippen LogP contribution is 2.30. The van der Waals surface area contributed by atoms with E-state index in [0.29, 0.717) is 21.8 Å². The lowest BCUT2D eigenvalue weighted by molar-refractivity contribution is 0.102. The molecule has 0 fully saturated rings. The maximum Gasteiger partial charge on any atom is 0.257 e. The van der Waals surface area contributed by atoms with Crippen LogP contribution < -0.4 is 5.32 Å². The van der Waals surface area contributed by atoms with Crippen LogP contribution in [0.2, 0.25) is 0 Å². The predicted octanol–water partition coefficient (Wildman–Crippen LogP) is 5.60. The molecule has 0 radical (unpaired) electrons. The molecule has 0 spiro atoms. The molecule has 4 rings (SSSR count). The highest BCUT2D eigenvalue weighted by Gasteiger charge is 2.14. The number of carbonyl (C=O) groups is 2. The number of amides is 1. The van der Waals surface area contributed by atoms with Gasteiger partial charge in [0.25, 0.3) is 5.91 Å². The molecule has 4 aromatic rings. The van der Waals surface area contributed by atoms with Crippen LogP contribution in [-0.2, 0) is 0 Å². The van der Waals surface area contributed by atoms with E-state index in [1.54, 1.807) is 36.4 Å². The molecule has 0 atom stereocenters. The third-order valence-corrected chi connectivity index (χ3v) is 5.40. The summed E-state index contributed by atoms with van der Waals surface area (Å²) < 4.78 is 0. The lowest BCUT2D eigenvalue weighted by Gasteiger charge is -2.04. The van der Waals surface area contributed by atoms with Crippen LogP contribution in [0.4, 0.5) is 5.13 Å². The molecule has 0 aliphatic carbocycles. The van der Waals surface area contributed by atoms with E-state index < -0.39 is 0 Å². The molecule has 1 heterocycles. The molecule has 0 saturated heterocycles. The van der Waals surface area contributed by atoms with Crippen LogP contribution in [0.15, 0.2) is 84.9 Å². The van der Waals surface area contributed by atoms with Crippen LogP contribution in [0.3, 0.4) is 0 Å². The molecule has 1 aromatic heterocycles. The Bertz CT molecular complexity index is 1150. The number of benzene rings is 3. The van der Waals surface area contributed by atoms with Gasteiger partial charge in [0.05, 0.1) is 5.69 Å². The summed E-state index contributed by atoms with van der Waals surface area (Å²) in [7, 11) is 0. The molecule has 5 heteroatoms. The third-order valence-electron chi connectivity index (χ3n) is 4.51. The van der Waals surface area contributed by atoms with Gasteiger partial charge in [0.2, 0.25) is 0 Å². The highest BCUT2D eigenvalue weighted by atomic mass is 32.1. The minimum atomic E-state index is -0.253. The molecule has 0 unspecified atom stereocenters. The molecule has 0 aliphatic rings. The van der Waals surface area contributed by atoms with E-state index in [-0.39, 0.29) is 11.7 Å². The fourth-order valence-corrected chi connectivity index (χ4v) is 3.84. The summed E-state index contributed by atoms with van der Waals surface area (Å²) in [6, 6.07) is 25.6. The van der Waals surface area contributed by atoms with E-state index in [1.807, 2.05) is 55.5 Å². The Morgan fingerprint density at radius 3 is 1.97 bits per heavy atom. The van der Waals surface area contributed by atoms with Crippen LogP contribution in [0.1, 0.15) is 31.2 Å². The molecule has 0 bridgehead atoms. The summed E-state index contributed by atoms with van der Waals surface area (Å²) in [5.41, 5.74) is 3.53.